The maximum absolute atomic E-state index is 12.1. The number of nitrogens with zero attached hydrogens (tertiary/aromatic N) is 2. The van der Waals surface area contributed by atoms with Gasteiger partial charge in [-0.1, -0.05) is 0 Å². The monoisotopic (exact) mass is 267 g/mol. The number of nitriles is 1. The van der Waals surface area contributed by atoms with Gasteiger partial charge in [-0.15, -0.1) is 11.3 Å². The Morgan fingerprint density at radius 2 is 2.29 bits per heavy atom. The predicted octanol–water partition coefficient (Wildman–Crippen LogP) is 1.97. The first kappa shape index (κ1) is 12.4. The van der Waals surface area contributed by atoms with Gasteiger partial charge in [0.15, 0.2) is 0 Å². The second-order valence-corrected chi connectivity index (χ2v) is 6.11. The van der Waals surface area contributed by atoms with Crippen molar-refractivity contribution in [3.05, 3.63) is 16.1 Å². The van der Waals surface area contributed by atoms with Gasteiger partial charge in [0.2, 0.25) is 0 Å². The number of carbonyl (C=O) groups excluding carboxylic acids is 1. The van der Waals surface area contributed by atoms with Gasteiger partial charge in [-0.3, -0.25) is 4.79 Å². The molecule has 1 aromatic rings. The number of hydrogen-bond acceptors (Lipinski definition) is 5. The summed E-state index contributed by atoms with van der Waals surface area (Å²) in [6.45, 7) is 1.81. The number of thiazole rings is 1. The SMILES string of the molecule is Cc1ncsc1C(=O)NC1(C#N)CCSCC1. The summed E-state index contributed by atoms with van der Waals surface area (Å²) < 4.78 is 0. The van der Waals surface area contributed by atoms with E-state index in [1.807, 2.05) is 11.8 Å². The highest BCUT2D eigenvalue weighted by atomic mass is 32.2. The van der Waals surface area contributed by atoms with Crippen LogP contribution in [0.15, 0.2) is 5.51 Å². The summed E-state index contributed by atoms with van der Waals surface area (Å²) in [5, 5.41) is 12.2. The number of aromatic nitrogens is 1. The average Bonchev–Trinajstić information content (AvgIpc) is 2.77. The van der Waals surface area contributed by atoms with E-state index in [-0.39, 0.29) is 5.91 Å². The quantitative estimate of drug-likeness (QED) is 0.889. The molecular weight excluding hydrogens is 254 g/mol. The van der Waals surface area contributed by atoms with Crippen LogP contribution in [-0.2, 0) is 0 Å². The van der Waals surface area contributed by atoms with Gasteiger partial charge in [0.05, 0.1) is 17.3 Å². The Kier molecular flexibility index (Phi) is 3.69. The number of aryl methyl sites for hydroxylation is 1. The first-order valence-electron chi connectivity index (χ1n) is 5.38. The number of amides is 1. The summed E-state index contributed by atoms with van der Waals surface area (Å²) in [6, 6.07) is 2.27. The van der Waals surface area contributed by atoms with E-state index in [9.17, 15) is 10.1 Å². The molecule has 0 spiro atoms. The van der Waals surface area contributed by atoms with Crippen molar-refractivity contribution in [1.29, 1.82) is 5.26 Å². The van der Waals surface area contributed by atoms with Gasteiger partial charge < -0.3 is 5.32 Å². The molecule has 0 aliphatic carbocycles. The lowest BCUT2D eigenvalue weighted by molar-refractivity contribution is 0.0919. The molecule has 0 radical (unpaired) electrons. The van der Waals surface area contributed by atoms with Gasteiger partial charge in [0.1, 0.15) is 10.4 Å². The molecular formula is C11H13N3OS2. The minimum Gasteiger partial charge on any atom is -0.333 e. The summed E-state index contributed by atoms with van der Waals surface area (Å²) in [4.78, 5) is 16.7. The Morgan fingerprint density at radius 3 is 2.82 bits per heavy atom. The zero-order valence-electron chi connectivity index (χ0n) is 9.52. The van der Waals surface area contributed by atoms with Crippen molar-refractivity contribution in [3.8, 4) is 6.07 Å². The summed E-state index contributed by atoms with van der Waals surface area (Å²) >= 11 is 3.15. The second kappa shape index (κ2) is 5.07. The van der Waals surface area contributed by atoms with Crippen molar-refractivity contribution >= 4 is 29.0 Å². The fourth-order valence-electron chi connectivity index (χ4n) is 1.78. The largest absolute Gasteiger partial charge is 0.333 e. The molecule has 0 saturated carbocycles. The molecule has 0 aromatic carbocycles. The second-order valence-electron chi connectivity index (χ2n) is 4.03. The van der Waals surface area contributed by atoms with Crippen molar-refractivity contribution in [2.24, 2.45) is 0 Å². The predicted molar refractivity (Wildman–Crippen MR) is 69.2 cm³/mol. The van der Waals surface area contributed by atoms with Gasteiger partial charge in [-0.05, 0) is 31.3 Å². The lowest BCUT2D eigenvalue weighted by atomic mass is 9.94. The molecule has 1 N–H and O–H groups in total. The first-order chi connectivity index (χ1) is 8.17. The molecule has 1 fully saturated rings. The van der Waals surface area contributed by atoms with E-state index in [0.29, 0.717) is 4.88 Å². The van der Waals surface area contributed by atoms with E-state index in [1.165, 1.54) is 11.3 Å². The molecule has 0 unspecified atom stereocenters. The molecule has 1 amide bonds. The number of rotatable bonds is 2. The number of hydrogen-bond donors (Lipinski definition) is 1. The highest BCUT2D eigenvalue weighted by molar-refractivity contribution is 7.99. The van der Waals surface area contributed by atoms with E-state index in [2.05, 4.69) is 16.4 Å². The van der Waals surface area contributed by atoms with Crippen molar-refractivity contribution in [3.63, 3.8) is 0 Å². The van der Waals surface area contributed by atoms with Crippen molar-refractivity contribution in [2.45, 2.75) is 25.3 Å². The molecule has 90 valence electrons. The smallest absolute Gasteiger partial charge is 0.264 e. The third-order valence-electron chi connectivity index (χ3n) is 2.86. The third kappa shape index (κ3) is 2.61. The topological polar surface area (TPSA) is 65.8 Å². The van der Waals surface area contributed by atoms with Crippen LogP contribution in [-0.4, -0.2) is 27.9 Å². The molecule has 1 saturated heterocycles. The van der Waals surface area contributed by atoms with Gasteiger partial charge in [0, 0.05) is 0 Å². The summed E-state index contributed by atoms with van der Waals surface area (Å²) in [6.07, 6.45) is 1.44. The van der Waals surface area contributed by atoms with Crippen molar-refractivity contribution in [2.75, 3.05) is 11.5 Å². The van der Waals surface area contributed by atoms with Gasteiger partial charge in [-0.25, -0.2) is 4.98 Å². The van der Waals surface area contributed by atoms with Crippen LogP contribution in [0.5, 0.6) is 0 Å². The molecule has 0 bridgehead atoms. The lowest BCUT2D eigenvalue weighted by Gasteiger charge is -2.31. The number of nitrogens with one attached hydrogen (secondary N) is 1. The Bertz CT molecular complexity index is 458. The average molecular weight is 267 g/mol. The molecule has 1 aromatic heterocycles. The Labute approximate surface area is 108 Å². The van der Waals surface area contributed by atoms with E-state index >= 15 is 0 Å². The van der Waals surface area contributed by atoms with E-state index in [0.717, 1.165) is 30.0 Å². The standard InChI is InChI=1S/C11H13N3OS2/c1-8-9(17-7-13-8)10(15)14-11(6-12)2-4-16-5-3-11/h7H,2-5H2,1H3,(H,14,15). The normalized spacial score (nSPS) is 18.4. The van der Waals surface area contributed by atoms with Gasteiger partial charge in [0.25, 0.3) is 5.91 Å². The number of carbonyl (C=O) groups is 1. The van der Waals surface area contributed by atoms with Crippen LogP contribution in [0.3, 0.4) is 0 Å². The fraction of sp³-hybridized carbons (Fsp3) is 0.545. The Balaban J connectivity index is 2.12. The van der Waals surface area contributed by atoms with Crippen LogP contribution in [0.25, 0.3) is 0 Å². The molecule has 1 aliphatic rings. The van der Waals surface area contributed by atoms with Crippen LogP contribution in [0.1, 0.15) is 28.2 Å². The molecule has 6 heteroatoms. The van der Waals surface area contributed by atoms with Crippen LogP contribution in [0, 0.1) is 18.3 Å². The minimum absolute atomic E-state index is 0.168. The van der Waals surface area contributed by atoms with Crippen LogP contribution in [0.2, 0.25) is 0 Å². The zero-order chi connectivity index (χ0) is 12.3. The highest BCUT2D eigenvalue weighted by Crippen LogP contribution is 2.27. The van der Waals surface area contributed by atoms with Crippen molar-refractivity contribution in [1.82, 2.24) is 10.3 Å². The molecule has 17 heavy (non-hydrogen) atoms. The Morgan fingerprint density at radius 1 is 1.59 bits per heavy atom. The summed E-state index contributed by atoms with van der Waals surface area (Å²) in [7, 11) is 0. The lowest BCUT2D eigenvalue weighted by Crippen LogP contribution is -2.49. The summed E-state index contributed by atoms with van der Waals surface area (Å²) in [5.74, 6) is 1.68. The molecule has 0 atom stereocenters. The molecule has 1 aliphatic heterocycles. The Hall–Kier alpha value is -1.06. The molecule has 2 rings (SSSR count). The van der Waals surface area contributed by atoms with E-state index in [1.54, 1.807) is 12.4 Å². The fourth-order valence-corrected chi connectivity index (χ4v) is 3.67. The van der Waals surface area contributed by atoms with E-state index < -0.39 is 5.54 Å². The molecule has 2 heterocycles. The number of thioether (sulfide) groups is 1. The van der Waals surface area contributed by atoms with Crippen LogP contribution in [0.4, 0.5) is 0 Å². The summed E-state index contributed by atoms with van der Waals surface area (Å²) in [5.41, 5.74) is 1.70. The first-order valence-corrected chi connectivity index (χ1v) is 7.42. The van der Waals surface area contributed by atoms with E-state index in [4.69, 9.17) is 0 Å². The maximum atomic E-state index is 12.1. The zero-order valence-corrected chi connectivity index (χ0v) is 11.2. The maximum Gasteiger partial charge on any atom is 0.264 e. The highest BCUT2D eigenvalue weighted by Gasteiger charge is 2.34. The van der Waals surface area contributed by atoms with Crippen LogP contribution >= 0.6 is 23.1 Å². The van der Waals surface area contributed by atoms with Crippen molar-refractivity contribution < 1.29 is 4.79 Å². The molecule has 4 nitrogen and oxygen atoms in total. The van der Waals surface area contributed by atoms with Gasteiger partial charge in [-0.2, -0.15) is 17.0 Å². The third-order valence-corrected chi connectivity index (χ3v) is 4.78. The minimum atomic E-state index is -0.682. The van der Waals surface area contributed by atoms with Gasteiger partial charge >= 0.3 is 0 Å². The van der Waals surface area contributed by atoms with Crippen LogP contribution < -0.4 is 5.32 Å².